The van der Waals surface area contributed by atoms with Crippen LogP contribution in [0.5, 0.6) is 11.5 Å². The summed E-state index contributed by atoms with van der Waals surface area (Å²) in [6.45, 7) is 34.7. The van der Waals surface area contributed by atoms with Crippen LogP contribution in [0.1, 0.15) is 136 Å². The van der Waals surface area contributed by atoms with E-state index < -0.39 is 0 Å². The van der Waals surface area contributed by atoms with E-state index in [1.54, 1.807) is 0 Å². The van der Waals surface area contributed by atoms with Gasteiger partial charge in [-0.3, -0.25) is 0 Å². The number of fused-ring (bicyclic) bond motifs is 9. The molecule has 0 unspecified atom stereocenters. The van der Waals surface area contributed by atoms with E-state index >= 15 is 0 Å². The summed E-state index contributed by atoms with van der Waals surface area (Å²) in [5.41, 5.74) is 20.9. The molecule has 69 heavy (non-hydrogen) atoms. The third kappa shape index (κ3) is 7.20. The van der Waals surface area contributed by atoms with E-state index in [0.717, 1.165) is 28.6 Å². The third-order valence-corrected chi connectivity index (χ3v) is 16.6. The van der Waals surface area contributed by atoms with Gasteiger partial charge in [-0.15, -0.1) is 11.3 Å². The quantitative estimate of drug-likeness (QED) is 0.164. The Hall–Kier alpha value is -6.04. The molecule has 0 bridgehead atoms. The standard InChI is InChI=1S/C64H67BN2OS/c1-38-34-51-55-52(35-38)68-58-47-36-42(63(11,12)13)26-33-53(47)69-59(58)65(55)50-37-49-54(46-18-16-17-19-48(46)64(49,14)15)57(56(50)67(51)45-31-24-41(25-32-45)62(8,9)10)66(43-27-20-39(21-28-43)60(2,3)4)44-29-22-40(23-30-44)61(5,6)7/h16-37H,1-15H3. The van der Waals surface area contributed by atoms with Crippen LogP contribution in [0.4, 0.5) is 34.1 Å². The van der Waals surface area contributed by atoms with Crippen LogP contribution in [-0.2, 0) is 27.1 Å². The predicted molar refractivity (Wildman–Crippen MR) is 299 cm³/mol. The number of hydrogen-bond donors (Lipinski definition) is 0. The maximum absolute atomic E-state index is 7.34. The molecule has 1 aromatic heterocycles. The van der Waals surface area contributed by atoms with Crippen LogP contribution < -0.4 is 30.2 Å². The van der Waals surface area contributed by atoms with Crippen molar-refractivity contribution in [1.29, 1.82) is 0 Å². The predicted octanol–water partition coefficient (Wildman–Crippen LogP) is 16.6. The Morgan fingerprint density at radius 2 is 1.12 bits per heavy atom. The van der Waals surface area contributed by atoms with E-state index in [1.165, 1.54) is 92.9 Å². The maximum Gasteiger partial charge on any atom is 0.269 e. The summed E-state index contributed by atoms with van der Waals surface area (Å²) in [7, 11) is 0. The molecular weight excluding hydrogens is 856 g/mol. The average molecular weight is 923 g/mol. The van der Waals surface area contributed by atoms with E-state index in [0.29, 0.717) is 0 Å². The van der Waals surface area contributed by atoms with Gasteiger partial charge >= 0.3 is 0 Å². The monoisotopic (exact) mass is 923 g/mol. The number of anilines is 6. The Balaban J connectivity index is 1.32. The van der Waals surface area contributed by atoms with E-state index in [-0.39, 0.29) is 33.8 Å². The van der Waals surface area contributed by atoms with Gasteiger partial charge in [-0.05, 0) is 145 Å². The summed E-state index contributed by atoms with van der Waals surface area (Å²) >= 11 is 1.91. The number of rotatable bonds is 4. The molecule has 2 aliphatic heterocycles. The first kappa shape index (κ1) is 45.4. The van der Waals surface area contributed by atoms with Gasteiger partial charge in [0.05, 0.1) is 11.4 Å². The Morgan fingerprint density at radius 1 is 0.580 bits per heavy atom. The average Bonchev–Trinajstić information content (AvgIpc) is 3.76. The summed E-state index contributed by atoms with van der Waals surface area (Å²) < 4.78 is 9.87. The van der Waals surface area contributed by atoms with Crippen LogP contribution >= 0.6 is 11.3 Å². The van der Waals surface area contributed by atoms with Gasteiger partial charge in [0.25, 0.3) is 6.71 Å². The van der Waals surface area contributed by atoms with Gasteiger partial charge in [0.15, 0.2) is 0 Å². The van der Waals surface area contributed by atoms with Crippen molar-refractivity contribution in [3.8, 4) is 22.6 Å². The molecule has 0 fully saturated rings. The second-order valence-corrected chi connectivity index (χ2v) is 25.9. The molecule has 7 aromatic carbocycles. The Morgan fingerprint density at radius 3 is 1.68 bits per heavy atom. The summed E-state index contributed by atoms with van der Waals surface area (Å²) in [5, 5.41) is 1.20. The number of ether oxygens (including phenoxy) is 1. The summed E-state index contributed by atoms with van der Waals surface area (Å²) in [5.74, 6) is 1.95. The van der Waals surface area contributed by atoms with Gasteiger partial charge in [-0.1, -0.05) is 170 Å². The van der Waals surface area contributed by atoms with Crippen molar-refractivity contribution in [2.75, 3.05) is 9.80 Å². The van der Waals surface area contributed by atoms with Crippen LogP contribution in [0.3, 0.4) is 0 Å². The Bertz CT molecular complexity index is 3310. The van der Waals surface area contributed by atoms with Gasteiger partial charge in [-0.2, -0.15) is 0 Å². The second-order valence-electron chi connectivity index (χ2n) is 24.8. The minimum absolute atomic E-state index is 0.000708. The fourth-order valence-corrected chi connectivity index (χ4v) is 12.6. The second kappa shape index (κ2) is 15.2. The minimum atomic E-state index is -0.279. The molecule has 3 aliphatic rings. The van der Waals surface area contributed by atoms with Crippen molar-refractivity contribution in [2.45, 2.75) is 131 Å². The molecule has 0 N–H and O–H groups in total. The molecule has 3 nitrogen and oxygen atoms in total. The molecule has 1 aliphatic carbocycles. The molecule has 0 atom stereocenters. The molecule has 0 radical (unpaired) electrons. The van der Waals surface area contributed by atoms with Crippen LogP contribution in [0, 0.1) is 6.92 Å². The maximum atomic E-state index is 7.34. The summed E-state index contributed by atoms with van der Waals surface area (Å²) in [6.07, 6.45) is 0. The van der Waals surface area contributed by atoms with Crippen LogP contribution in [0.15, 0.2) is 133 Å². The molecule has 5 heteroatoms. The highest BCUT2D eigenvalue weighted by Gasteiger charge is 2.49. The Labute approximate surface area is 416 Å². The number of thiophene rings is 1. The molecule has 3 heterocycles. The minimum Gasteiger partial charge on any atom is -0.457 e. The number of hydrogen-bond acceptors (Lipinski definition) is 4. The van der Waals surface area contributed by atoms with Crippen molar-refractivity contribution in [3.63, 3.8) is 0 Å². The molecule has 11 rings (SSSR count). The molecule has 348 valence electrons. The van der Waals surface area contributed by atoms with E-state index in [1.807, 2.05) is 11.3 Å². The molecule has 0 saturated heterocycles. The highest BCUT2D eigenvalue weighted by atomic mass is 32.1. The van der Waals surface area contributed by atoms with Gasteiger partial charge in [0.2, 0.25) is 0 Å². The third-order valence-electron chi connectivity index (χ3n) is 15.4. The summed E-state index contributed by atoms with van der Waals surface area (Å²) in [6, 6.07) is 51.8. The lowest BCUT2D eigenvalue weighted by Crippen LogP contribution is -2.59. The van der Waals surface area contributed by atoms with Crippen molar-refractivity contribution in [3.05, 3.63) is 172 Å². The Kier molecular flexibility index (Phi) is 10.0. The zero-order valence-corrected chi connectivity index (χ0v) is 44.3. The highest BCUT2D eigenvalue weighted by molar-refractivity contribution is 7.33. The van der Waals surface area contributed by atoms with Gasteiger partial charge in [-0.25, -0.2) is 0 Å². The van der Waals surface area contributed by atoms with Crippen LogP contribution in [-0.4, -0.2) is 6.71 Å². The lowest BCUT2D eigenvalue weighted by atomic mass is 9.36. The van der Waals surface area contributed by atoms with E-state index in [9.17, 15) is 0 Å². The van der Waals surface area contributed by atoms with Gasteiger partial charge < -0.3 is 14.5 Å². The summed E-state index contributed by atoms with van der Waals surface area (Å²) in [4.78, 5) is 5.21. The fourth-order valence-electron chi connectivity index (χ4n) is 11.3. The zero-order valence-electron chi connectivity index (χ0n) is 43.5. The lowest BCUT2D eigenvalue weighted by molar-refractivity contribution is 0.494. The fraction of sp³-hybridized carbons (Fsp3) is 0.312. The number of nitrogens with zero attached hydrogens (tertiary/aromatic N) is 2. The normalized spacial score (nSPS) is 14.8. The first-order chi connectivity index (χ1) is 32.4. The van der Waals surface area contributed by atoms with E-state index in [2.05, 4.69) is 247 Å². The van der Waals surface area contributed by atoms with Crippen molar-refractivity contribution in [1.82, 2.24) is 0 Å². The topological polar surface area (TPSA) is 15.7 Å². The number of benzene rings is 7. The largest absolute Gasteiger partial charge is 0.457 e. The molecule has 8 aromatic rings. The first-order valence-electron chi connectivity index (χ1n) is 25.0. The molecule has 0 spiro atoms. The number of aryl methyl sites for hydroxylation is 1. The highest BCUT2D eigenvalue weighted by Crippen LogP contribution is 2.59. The van der Waals surface area contributed by atoms with Crippen molar-refractivity contribution < 1.29 is 4.74 Å². The molecule has 0 amide bonds. The zero-order chi connectivity index (χ0) is 48.9. The van der Waals surface area contributed by atoms with Crippen molar-refractivity contribution in [2.24, 2.45) is 0 Å². The van der Waals surface area contributed by atoms with Gasteiger partial charge in [0.1, 0.15) is 11.5 Å². The van der Waals surface area contributed by atoms with E-state index in [4.69, 9.17) is 4.74 Å². The smallest absolute Gasteiger partial charge is 0.269 e. The molecular formula is C64H67BN2OS. The first-order valence-corrected chi connectivity index (χ1v) is 25.9. The lowest BCUT2D eigenvalue weighted by Gasteiger charge is -2.43. The van der Waals surface area contributed by atoms with Crippen molar-refractivity contribution >= 4 is 78.0 Å². The SMILES string of the molecule is Cc1cc2c3c(c1)N(c1ccc(C(C)(C)C)cc1)c1c(cc4c(c1N(c1ccc(C(C)(C)C)cc1)c1ccc(C(C)(C)C)cc1)-c1ccccc1C4(C)C)B3c1sc3ccc(C(C)(C)C)cc3c1O2. The van der Waals surface area contributed by atoms with Gasteiger partial charge in [0, 0.05) is 48.6 Å². The van der Waals surface area contributed by atoms with Crippen LogP contribution in [0.2, 0.25) is 0 Å². The molecule has 0 saturated carbocycles. The van der Waals surface area contributed by atoms with Crippen LogP contribution in [0.25, 0.3) is 21.2 Å².